The molecule has 0 radical (unpaired) electrons. The van der Waals surface area contributed by atoms with E-state index < -0.39 is 8.32 Å². The zero-order chi connectivity index (χ0) is 18.4. The molecule has 1 atom stereocenters. The third kappa shape index (κ3) is 5.95. The maximum absolute atomic E-state index is 11.5. The van der Waals surface area contributed by atoms with E-state index in [0.717, 1.165) is 11.3 Å². The lowest BCUT2D eigenvalue weighted by atomic mass is 9.97. The number of methoxy groups -OCH3 is 1. The molecule has 0 N–H and O–H groups in total. The molecule has 0 saturated heterocycles. The molecule has 4 nitrogen and oxygen atoms in total. The van der Waals surface area contributed by atoms with Crippen LogP contribution < -0.4 is 4.74 Å². The number of carbonyl (C=O) groups excluding carboxylic acids is 1. The molecule has 1 aromatic rings. The predicted molar refractivity (Wildman–Crippen MR) is 100 cm³/mol. The van der Waals surface area contributed by atoms with Crippen LogP contribution in [0.3, 0.4) is 0 Å². The van der Waals surface area contributed by atoms with Crippen molar-refractivity contribution < 1.29 is 18.7 Å². The van der Waals surface area contributed by atoms with E-state index >= 15 is 0 Å². The van der Waals surface area contributed by atoms with Crippen molar-refractivity contribution in [1.29, 1.82) is 0 Å². The van der Waals surface area contributed by atoms with Crippen LogP contribution in [0, 0.1) is 0 Å². The van der Waals surface area contributed by atoms with Crippen molar-refractivity contribution in [2.24, 2.45) is 0 Å². The molecule has 0 heterocycles. The Kier molecular flexibility index (Phi) is 7.48. The fourth-order valence-corrected chi connectivity index (χ4v) is 3.15. The third-order valence-corrected chi connectivity index (χ3v) is 9.30. The average molecular weight is 353 g/mol. The van der Waals surface area contributed by atoms with Gasteiger partial charge in [-0.05, 0) is 35.7 Å². The molecule has 0 spiro atoms. The Bertz CT molecular complexity index is 534. The number of para-hydroxylation sites is 1. The molecule has 0 bridgehead atoms. The van der Waals surface area contributed by atoms with Crippen molar-refractivity contribution in [3.63, 3.8) is 0 Å². The number of carbonyl (C=O) groups is 1. The van der Waals surface area contributed by atoms with Crippen LogP contribution in [-0.4, -0.2) is 34.6 Å². The first-order valence-electron chi connectivity index (χ1n) is 8.51. The summed E-state index contributed by atoms with van der Waals surface area (Å²) >= 11 is 0. The molecule has 0 saturated carbocycles. The monoisotopic (exact) mass is 352 g/mol. The molecule has 0 aliphatic carbocycles. The highest BCUT2D eigenvalue weighted by Gasteiger charge is 2.36. The van der Waals surface area contributed by atoms with E-state index in [0.29, 0.717) is 19.6 Å². The number of rotatable bonds is 8. The number of esters is 1. The third-order valence-electron chi connectivity index (χ3n) is 4.76. The van der Waals surface area contributed by atoms with Gasteiger partial charge in [0.2, 0.25) is 0 Å². The van der Waals surface area contributed by atoms with Crippen molar-refractivity contribution >= 4 is 14.3 Å². The zero-order valence-electron chi connectivity index (χ0n) is 16.1. The Morgan fingerprint density at radius 3 is 2.38 bits per heavy atom. The molecule has 0 amide bonds. The quantitative estimate of drug-likeness (QED) is 0.385. The van der Waals surface area contributed by atoms with Gasteiger partial charge < -0.3 is 13.9 Å². The van der Waals surface area contributed by atoms with Crippen LogP contribution >= 0.6 is 0 Å². The molecular formula is C19H32O4Si. The Morgan fingerprint density at radius 1 is 1.17 bits per heavy atom. The second-order valence-corrected chi connectivity index (χ2v) is 12.5. The van der Waals surface area contributed by atoms with Crippen molar-refractivity contribution in [2.45, 2.75) is 58.2 Å². The van der Waals surface area contributed by atoms with Crippen LogP contribution in [-0.2, 0) is 14.0 Å². The molecule has 136 valence electrons. The van der Waals surface area contributed by atoms with E-state index in [9.17, 15) is 4.79 Å². The molecular weight excluding hydrogens is 320 g/mol. The van der Waals surface area contributed by atoms with Gasteiger partial charge in [-0.15, -0.1) is 0 Å². The van der Waals surface area contributed by atoms with E-state index in [1.165, 1.54) is 7.11 Å². The van der Waals surface area contributed by atoms with Gasteiger partial charge in [-0.3, -0.25) is 4.79 Å². The van der Waals surface area contributed by atoms with Gasteiger partial charge in [0.05, 0.1) is 20.1 Å². The van der Waals surface area contributed by atoms with Gasteiger partial charge in [0, 0.05) is 0 Å². The van der Waals surface area contributed by atoms with E-state index in [2.05, 4.69) is 33.9 Å². The summed E-state index contributed by atoms with van der Waals surface area (Å²) in [4.78, 5) is 11.5. The Labute approximate surface area is 147 Å². The minimum Gasteiger partial charge on any atom is -0.491 e. The molecule has 0 aliphatic heterocycles. The lowest BCUT2D eigenvalue weighted by molar-refractivity contribution is -0.140. The molecule has 1 unspecified atom stereocenters. The molecule has 0 aliphatic rings. The Balaban J connectivity index is 2.62. The van der Waals surface area contributed by atoms with Crippen LogP contribution in [0.2, 0.25) is 18.1 Å². The molecule has 24 heavy (non-hydrogen) atoms. The van der Waals surface area contributed by atoms with E-state index in [-0.39, 0.29) is 16.9 Å². The van der Waals surface area contributed by atoms with Gasteiger partial charge in [-0.2, -0.15) is 0 Å². The number of hydrogen-bond donors (Lipinski definition) is 0. The number of benzene rings is 1. The number of hydrogen-bond acceptors (Lipinski definition) is 4. The van der Waals surface area contributed by atoms with Crippen LogP contribution in [0.15, 0.2) is 24.3 Å². The SMILES string of the molecule is COC(=O)CC(C)c1ccccc1OCCO[Si](C)(C)C(C)(C)C. The first-order valence-corrected chi connectivity index (χ1v) is 11.4. The Hall–Kier alpha value is -1.33. The van der Waals surface area contributed by atoms with Crippen molar-refractivity contribution in [1.82, 2.24) is 0 Å². The lowest BCUT2D eigenvalue weighted by Crippen LogP contribution is -2.41. The molecule has 0 fully saturated rings. The lowest BCUT2D eigenvalue weighted by Gasteiger charge is -2.36. The fourth-order valence-electron chi connectivity index (χ4n) is 2.13. The molecule has 1 aromatic carbocycles. The van der Waals surface area contributed by atoms with Crippen LogP contribution in [0.25, 0.3) is 0 Å². The van der Waals surface area contributed by atoms with Gasteiger partial charge >= 0.3 is 5.97 Å². The summed E-state index contributed by atoms with van der Waals surface area (Å²) in [7, 11) is -0.334. The van der Waals surface area contributed by atoms with E-state index in [1.807, 2.05) is 31.2 Å². The smallest absolute Gasteiger partial charge is 0.306 e. The maximum Gasteiger partial charge on any atom is 0.306 e. The highest BCUT2D eigenvalue weighted by molar-refractivity contribution is 6.74. The first-order chi connectivity index (χ1) is 11.1. The highest BCUT2D eigenvalue weighted by Crippen LogP contribution is 2.36. The fraction of sp³-hybridized carbons (Fsp3) is 0.632. The largest absolute Gasteiger partial charge is 0.491 e. The Morgan fingerprint density at radius 2 is 1.79 bits per heavy atom. The van der Waals surface area contributed by atoms with Crippen molar-refractivity contribution in [2.75, 3.05) is 20.3 Å². The topological polar surface area (TPSA) is 44.8 Å². The summed E-state index contributed by atoms with van der Waals surface area (Å²) in [6, 6.07) is 7.84. The second-order valence-electron chi connectivity index (χ2n) is 7.68. The minimum absolute atomic E-state index is 0.0509. The van der Waals surface area contributed by atoms with Crippen LogP contribution in [0.1, 0.15) is 45.6 Å². The van der Waals surface area contributed by atoms with Crippen molar-refractivity contribution in [3.8, 4) is 5.75 Å². The summed E-state index contributed by atoms with van der Waals surface area (Å²) in [5, 5.41) is 0.194. The zero-order valence-corrected chi connectivity index (χ0v) is 17.1. The molecule has 5 heteroatoms. The highest BCUT2D eigenvalue weighted by atomic mass is 28.4. The van der Waals surface area contributed by atoms with Crippen molar-refractivity contribution in [3.05, 3.63) is 29.8 Å². The summed E-state index contributed by atoms with van der Waals surface area (Å²) < 4.78 is 16.8. The van der Waals surface area contributed by atoms with E-state index in [1.54, 1.807) is 0 Å². The normalized spacial score (nSPS) is 13.5. The van der Waals surface area contributed by atoms with Crippen LogP contribution in [0.4, 0.5) is 0 Å². The van der Waals surface area contributed by atoms with Gasteiger partial charge in [0.25, 0.3) is 0 Å². The predicted octanol–water partition coefficient (Wildman–Crippen LogP) is 4.75. The average Bonchev–Trinajstić information content (AvgIpc) is 2.50. The van der Waals surface area contributed by atoms with Crippen LogP contribution in [0.5, 0.6) is 5.75 Å². The van der Waals surface area contributed by atoms with Gasteiger partial charge in [0.1, 0.15) is 12.4 Å². The first kappa shape index (κ1) is 20.7. The van der Waals surface area contributed by atoms with Gasteiger partial charge in [-0.1, -0.05) is 45.9 Å². The summed E-state index contributed by atoms with van der Waals surface area (Å²) in [5.74, 6) is 0.654. The summed E-state index contributed by atoms with van der Waals surface area (Å²) in [6.45, 7) is 14.2. The molecule has 0 aromatic heterocycles. The summed E-state index contributed by atoms with van der Waals surface area (Å²) in [5.41, 5.74) is 1.02. The van der Waals surface area contributed by atoms with E-state index in [4.69, 9.17) is 13.9 Å². The van der Waals surface area contributed by atoms with Gasteiger partial charge in [0.15, 0.2) is 8.32 Å². The maximum atomic E-state index is 11.5. The van der Waals surface area contributed by atoms with Gasteiger partial charge in [-0.25, -0.2) is 0 Å². The number of ether oxygens (including phenoxy) is 2. The minimum atomic E-state index is -1.75. The standard InChI is InChI=1S/C19H32O4Si/c1-15(14-18(20)21-5)16-10-8-9-11-17(16)22-12-13-23-24(6,7)19(2,3)4/h8-11,15H,12-14H2,1-7H3. The second kappa shape index (κ2) is 8.67. The summed E-state index contributed by atoms with van der Waals surface area (Å²) in [6.07, 6.45) is 0.345. The molecule has 1 rings (SSSR count).